The Hall–Kier alpha value is -4.04. The molecule has 0 spiro atoms. The molecule has 43 heavy (non-hydrogen) atoms. The first-order chi connectivity index (χ1) is 20.6. The second kappa shape index (κ2) is 12.7. The number of piperidine rings is 1. The Morgan fingerprint density at radius 2 is 1.79 bits per heavy atom. The molecule has 0 radical (unpaired) electrons. The van der Waals surface area contributed by atoms with Crippen LogP contribution in [0.1, 0.15) is 75.7 Å². The van der Waals surface area contributed by atoms with Crippen LogP contribution >= 0.6 is 11.8 Å². The SMILES string of the molecule is CCOC(=O)c1cc(C#N)c(SCc2ccc(C(=O)N3C4CCC3CC(Oc3cccc(C(F)(F)F)c3)C4)cc2)nc1C. The van der Waals surface area contributed by atoms with Crippen LogP contribution in [0, 0.1) is 18.3 Å². The number of rotatable bonds is 8. The number of halogens is 3. The summed E-state index contributed by atoms with van der Waals surface area (Å²) in [5, 5.41) is 10.1. The molecule has 2 saturated heterocycles. The molecule has 11 heteroatoms. The number of pyridine rings is 1. The molecule has 0 saturated carbocycles. The lowest BCUT2D eigenvalue weighted by Gasteiger charge is -2.39. The number of carbonyl (C=O) groups is 2. The van der Waals surface area contributed by atoms with E-state index in [4.69, 9.17) is 9.47 Å². The van der Waals surface area contributed by atoms with Gasteiger partial charge in [0.1, 0.15) is 22.9 Å². The Morgan fingerprint density at radius 3 is 2.42 bits per heavy atom. The minimum atomic E-state index is -4.44. The van der Waals surface area contributed by atoms with Crippen molar-refractivity contribution < 1.29 is 32.2 Å². The number of amides is 1. The second-order valence-corrected chi connectivity index (χ2v) is 11.6. The largest absolute Gasteiger partial charge is 0.490 e. The number of fused-ring (bicyclic) bond motifs is 2. The summed E-state index contributed by atoms with van der Waals surface area (Å²) >= 11 is 1.37. The molecule has 2 fully saturated rings. The van der Waals surface area contributed by atoms with Gasteiger partial charge in [-0.25, -0.2) is 9.78 Å². The van der Waals surface area contributed by atoms with Gasteiger partial charge in [-0.05, 0) is 68.7 Å². The van der Waals surface area contributed by atoms with Crippen molar-refractivity contribution >= 4 is 23.6 Å². The van der Waals surface area contributed by atoms with Crippen LogP contribution in [0.4, 0.5) is 13.2 Å². The van der Waals surface area contributed by atoms with Crippen LogP contribution in [-0.4, -0.2) is 46.6 Å². The van der Waals surface area contributed by atoms with Gasteiger partial charge in [0.15, 0.2) is 0 Å². The molecular weight excluding hydrogens is 579 g/mol. The number of carbonyl (C=O) groups excluding carboxylic acids is 2. The predicted molar refractivity (Wildman–Crippen MR) is 154 cm³/mol. The Kier molecular flexibility index (Phi) is 8.97. The van der Waals surface area contributed by atoms with Crippen molar-refractivity contribution in [3.8, 4) is 11.8 Å². The van der Waals surface area contributed by atoms with Gasteiger partial charge in [-0.15, -0.1) is 11.8 Å². The first kappa shape index (κ1) is 30.4. The normalized spacial score (nSPS) is 19.5. The van der Waals surface area contributed by atoms with E-state index in [0.717, 1.165) is 30.5 Å². The zero-order chi connectivity index (χ0) is 30.7. The second-order valence-electron chi connectivity index (χ2n) is 10.6. The third kappa shape index (κ3) is 6.80. The molecule has 2 aliphatic rings. The molecule has 1 amide bonds. The van der Waals surface area contributed by atoms with Crippen molar-refractivity contribution in [2.45, 2.75) is 74.7 Å². The van der Waals surface area contributed by atoms with Crippen LogP contribution in [0.5, 0.6) is 5.75 Å². The Balaban J connectivity index is 1.20. The molecule has 7 nitrogen and oxygen atoms in total. The molecule has 0 aliphatic carbocycles. The molecule has 1 aromatic heterocycles. The van der Waals surface area contributed by atoms with Gasteiger partial charge in [0.2, 0.25) is 0 Å². The lowest BCUT2D eigenvalue weighted by Crippen LogP contribution is -2.49. The van der Waals surface area contributed by atoms with Crippen molar-refractivity contribution in [3.63, 3.8) is 0 Å². The maximum atomic E-state index is 13.5. The van der Waals surface area contributed by atoms with Crippen molar-refractivity contribution in [2.24, 2.45) is 0 Å². The van der Waals surface area contributed by atoms with E-state index < -0.39 is 17.7 Å². The number of ether oxygens (including phenoxy) is 2. The lowest BCUT2D eigenvalue weighted by molar-refractivity contribution is -0.137. The summed E-state index contributed by atoms with van der Waals surface area (Å²) in [4.78, 5) is 32.0. The molecule has 5 rings (SSSR count). The number of thioether (sulfide) groups is 1. The number of aromatic nitrogens is 1. The molecule has 3 aromatic rings. The minimum absolute atomic E-state index is 0.0337. The lowest BCUT2D eigenvalue weighted by atomic mass is 9.98. The molecule has 2 bridgehead atoms. The number of hydrogen-bond donors (Lipinski definition) is 0. The zero-order valence-electron chi connectivity index (χ0n) is 23.7. The number of nitrogens with zero attached hydrogens (tertiary/aromatic N) is 3. The highest BCUT2D eigenvalue weighted by molar-refractivity contribution is 7.98. The fourth-order valence-electron chi connectivity index (χ4n) is 5.73. The summed E-state index contributed by atoms with van der Waals surface area (Å²) in [5.74, 6) is 0.122. The first-order valence-electron chi connectivity index (χ1n) is 14.0. The molecule has 224 valence electrons. The summed E-state index contributed by atoms with van der Waals surface area (Å²) in [6, 6.07) is 15.8. The number of nitriles is 1. The van der Waals surface area contributed by atoms with Crippen molar-refractivity contribution in [1.29, 1.82) is 5.26 Å². The summed E-state index contributed by atoms with van der Waals surface area (Å²) in [5.41, 5.74) is 1.81. The van der Waals surface area contributed by atoms with E-state index in [0.29, 0.717) is 40.4 Å². The van der Waals surface area contributed by atoms with Gasteiger partial charge in [0, 0.05) is 36.2 Å². The van der Waals surface area contributed by atoms with Crippen LogP contribution in [0.25, 0.3) is 0 Å². The van der Waals surface area contributed by atoms with Crippen molar-refractivity contribution in [1.82, 2.24) is 9.88 Å². The van der Waals surface area contributed by atoms with E-state index in [9.17, 15) is 28.0 Å². The van der Waals surface area contributed by atoms with Crippen molar-refractivity contribution in [3.05, 3.63) is 88.1 Å². The van der Waals surface area contributed by atoms with E-state index in [1.165, 1.54) is 30.0 Å². The number of aryl methyl sites for hydroxylation is 1. The van der Waals surface area contributed by atoms with Gasteiger partial charge < -0.3 is 14.4 Å². The standard InChI is InChI=1S/C32H30F3N3O4S/c1-3-41-31(40)28-13-22(17-36)29(37-19(28)2)43-18-20-7-9-21(10-8-20)30(39)38-24-11-12-25(38)16-27(15-24)42-26-6-4-5-23(14-26)32(33,34)35/h4-10,13-14,24-25,27H,3,11-12,15-16,18H2,1-2H3. The van der Waals surface area contributed by atoms with Crippen LogP contribution in [0.3, 0.4) is 0 Å². The van der Waals surface area contributed by atoms with Gasteiger partial charge in [-0.3, -0.25) is 4.79 Å². The molecule has 2 unspecified atom stereocenters. The summed E-state index contributed by atoms with van der Waals surface area (Å²) in [6.45, 7) is 3.64. The van der Waals surface area contributed by atoms with Gasteiger partial charge in [0.05, 0.1) is 29.0 Å². The number of esters is 1. The van der Waals surface area contributed by atoms with E-state index in [-0.39, 0.29) is 42.0 Å². The smallest absolute Gasteiger partial charge is 0.416 e. The number of hydrogen-bond acceptors (Lipinski definition) is 7. The minimum Gasteiger partial charge on any atom is -0.490 e. The molecule has 0 N–H and O–H groups in total. The topological polar surface area (TPSA) is 92.5 Å². The Labute approximate surface area is 252 Å². The average molecular weight is 610 g/mol. The third-order valence-electron chi connectivity index (χ3n) is 7.76. The summed E-state index contributed by atoms with van der Waals surface area (Å²) in [7, 11) is 0. The van der Waals surface area contributed by atoms with Crippen LogP contribution < -0.4 is 4.74 Å². The van der Waals surface area contributed by atoms with Crippen LogP contribution in [0.2, 0.25) is 0 Å². The Morgan fingerprint density at radius 1 is 1.09 bits per heavy atom. The molecule has 2 aromatic carbocycles. The predicted octanol–water partition coefficient (Wildman–Crippen LogP) is 6.96. The first-order valence-corrected chi connectivity index (χ1v) is 15.0. The fraction of sp³-hybridized carbons (Fsp3) is 0.375. The van der Waals surface area contributed by atoms with Gasteiger partial charge in [-0.1, -0.05) is 18.2 Å². The number of benzene rings is 2. The number of alkyl halides is 3. The fourth-order valence-corrected chi connectivity index (χ4v) is 6.68. The van der Waals surface area contributed by atoms with E-state index in [2.05, 4.69) is 11.1 Å². The van der Waals surface area contributed by atoms with Gasteiger partial charge >= 0.3 is 12.1 Å². The highest BCUT2D eigenvalue weighted by atomic mass is 32.2. The molecule has 2 atom stereocenters. The maximum absolute atomic E-state index is 13.5. The van der Waals surface area contributed by atoms with Crippen LogP contribution in [0.15, 0.2) is 59.6 Å². The molecular formula is C32H30F3N3O4S. The third-order valence-corrected chi connectivity index (χ3v) is 8.82. The van der Waals surface area contributed by atoms with E-state index in [1.807, 2.05) is 17.0 Å². The average Bonchev–Trinajstić information content (AvgIpc) is 3.25. The quantitative estimate of drug-likeness (QED) is 0.201. The zero-order valence-corrected chi connectivity index (χ0v) is 24.5. The summed E-state index contributed by atoms with van der Waals surface area (Å²) < 4.78 is 50.3. The Bertz CT molecular complexity index is 1540. The van der Waals surface area contributed by atoms with E-state index >= 15 is 0 Å². The highest BCUT2D eigenvalue weighted by Gasteiger charge is 2.44. The maximum Gasteiger partial charge on any atom is 0.416 e. The molecule has 3 heterocycles. The summed E-state index contributed by atoms with van der Waals surface area (Å²) in [6.07, 6.45) is -1.90. The molecule has 2 aliphatic heterocycles. The van der Waals surface area contributed by atoms with Crippen LogP contribution in [-0.2, 0) is 16.7 Å². The van der Waals surface area contributed by atoms with Gasteiger partial charge in [0.25, 0.3) is 5.91 Å². The monoisotopic (exact) mass is 609 g/mol. The van der Waals surface area contributed by atoms with Crippen molar-refractivity contribution in [2.75, 3.05) is 6.61 Å². The van der Waals surface area contributed by atoms with E-state index in [1.54, 1.807) is 26.0 Å². The highest BCUT2D eigenvalue weighted by Crippen LogP contribution is 2.39. The van der Waals surface area contributed by atoms with Gasteiger partial charge in [-0.2, -0.15) is 18.4 Å².